The van der Waals surface area contributed by atoms with Crippen LogP contribution in [0.1, 0.15) is 36.1 Å². The van der Waals surface area contributed by atoms with Crippen LogP contribution in [0.15, 0.2) is 93.9 Å². The van der Waals surface area contributed by atoms with Crippen LogP contribution in [-0.4, -0.2) is 17.6 Å². The topological polar surface area (TPSA) is 69.9 Å². The minimum Gasteiger partial charge on any atom is -0.487 e. The summed E-state index contributed by atoms with van der Waals surface area (Å²) in [6, 6.07) is 22.9. The molecule has 1 aromatic heterocycles. The molecule has 1 aliphatic rings. The van der Waals surface area contributed by atoms with E-state index in [2.05, 4.69) is 45.2 Å². The molecule has 3 aromatic carbocycles. The number of benzene rings is 3. The molecule has 1 aliphatic heterocycles. The Kier molecular flexibility index (Phi) is 8.67. The molecule has 0 aliphatic carbocycles. The lowest BCUT2D eigenvalue weighted by atomic mass is 9.95. The summed E-state index contributed by atoms with van der Waals surface area (Å²) in [5.41, 5.74) is 3.49. The normalized spacial score (nSPS) is 15.1. The highest BCUT2D eigenvalue weighted by Gasteiger charge is 2.33. The van der Waals surface area contributed by atoms with Gasteiger partial charge in [-0.1, -0.05) is 78.9 Å². The zero-order valence-corrected chi connectivity index (χ0v) is 26.3. The van der Waals surface area contributed by atoms with E-state index in [0.717, 1.165) is 29.6 Å². The molecule has 2 heterocycles. The van der Waals surface area contributed by atoms with Gasteiger partial charge in [0.15, 0.2) is 4.80 Å². The average molecular weight is 762 g/mol. The number of hydrogen-bond acceptors (Lipinski definition) is 6. The minimum atomic E-state index is -0.628. The summed E-state index contributed by atoms with van der Waals surface area (Å²) in [6.45, 7) is 2.36. The molecule has 9 heteroatoms. The predicted molar refractivity (Wildman–Crippen MR) is 169 cm³/mol. The van der Waals surface area contributed by atoms with Gasteiger partial charge in [-0.25, -0.2) is 9.79 Å². The number of carbonyl (C=O) groups is 1. The molecule has 0 amide bonds. The average Bonchev–Trinajstić information content (AvgIpc) is 3.26. The quantitative estimate of drug-likeness (QED) is 0.182. The first-order chi connectivity index (χ1) is 18.9. The van der Waals surface area contributed by atoms with Crippen molar-refractivity contribution in [3.8, 4) is 5.75 Å². The van der Waals surface area contributed by atoms with Crippen LogP contribution in [0.2, 0.25) is 0 Å². The van der Waals surface area contributed by atoms with E-state index in [1.54, 1.807) is 4.57 Å². The van der Waals surface area contributed by atoms with Crippen molar-refractivity contribution >= 4 is 68.6 Å². The number of ether oxygens (including phenoxy) is 2. The fourth-order valence-corrected chi connectivity index (χ4v) is 7.58. The van der Waals surface area contributed by atoms with E-state index >= 15 is 0 Å². The number of thiazole rings is 1. The summed E-state index contributed by atoms with van der Waals surface area (Å²) in [7, 11) is 1.35. The summed E-state index contributed by atoms with van der Waals surface area (Å²) < 4.78 is 15.5. The Labute approximate surface area is 257 Å². The van der Waals surface area contributed by atoms with Crippen LogP contribution in [0.5, 0.6) is 5.75 Å². The van der Waals surface area contributed by atoms with Gasteiger partial charge in [0.05, 0.1) is 32.5 Å². The molecule has 4 aromatic rings. The number of halogens is 2. The zero-order chi connectivity index (χ0) is 27.5. The summed E-state index contributed by atoms with van der Waals surface area (Å²) in [5.74, 6) is 0.234. The van der Waals surface area contributed by atoms with E-state index in [1.165, 1.54) is 18.4 Å². The second-order valence-corrected chi connectivity index (χ2v) is 12.2. The number of esters is 1. The van der Waals surface area contributed by atoms with Gasteiger partial charge in [0.2, 0.25) is 0 Å². The van der Waals surface area contributed by atoms with E-state index in [-0.39, 0.29) is 5.56 Å². The molecular formula is C30H24I2N2O4S. The number of allylic oxidation sites excluding steroid dienone is 1. The molecule has 0 saturated carbocycles. The summed E-state index contributed by atoms with van der Waals surface area (Å²) in [6.07, 6.45) is 2.40. The molecule has 0 unspecified atom stereocenters. The van der Waals surface area contributed by atoms with E-state index < -0.39 is 12.0 Å². The van der Waals surface area contributed by atoms with Crippen molar-refractivity contribution in [2.45, 2.75) is 26.0 Å². The number of rotatable bonds is 7. The maximum atomic E-state index is 14.0. The number of carbonyl (C=O) groups excluding carboxylic acids is 1. The monoisotopic (exact) mass is 762 g/mol. The Morgan fingerprint density at radius 2 is 1.77 bits per heavy atom. The molecule has 1 atom stereocenters. The Bertz CT molecular complexity index is 1750. The first kappa shape index (κ1) is 27.8. The van der Waals surface area contributed by atoms with Crippen LogP contribution >= 0.6 is 56.5 Å². The summed E-state index contributed by atoms with van der Waals surface area (Å²) >= 11 is 5.85. The summed E-state index contributed by atoms with van der Waals surface area (Å²) in [4.78, 5) is 32.3. The van der Waals surface area contributed by atoms with Gasteiger partial charge in [0, 0.05) is 9.13 Å². The molecule has 0 fully saturated rings. The Hall–Kier alpha value is -2.77. The van der Waals surface area contributed by atoms with Gasteiger partial charge in [-0.3, -0.25) is 9.36 Å². The minimum absolute atomic E-state index is 0.216. The van der Waals surface area contributed by atoms with Crippen LogP contribution < -0.4 is 19.6 Å². The maximum absolute atomic E-state index is 14.0. The van der Waals surface area contributed by atoms with Gasteiger partial charge in [0.1, 0.15) is 12.4 Å². The molecule has 0 bridgehead atoms. The molecule has 39 heavy (non-hydrogen) atoms. The van der Waals surface area contributed by atoms with Crippen LogP contribution in [0.4, 0.5) is 0 Å². The molecule has 6 nitrogen and oxygen atoms in total. The second-order valence-electron chi connectivity index (χ2n) is 8.78. The van der Waals surface area contributed by atoms with Crippen molar-refractivity contribution in [3.05, 3.63) is 128 Å². The molecule has 5 rings (SSSR count). The van der Waals surface area contributed by atoms with Gasteiger partial charge in [-0.05, 0) is 80.9 Å². The third-order valence-corrected chi connectivity index (χ3v) is 8.72. The molecule has 0 spiro atoms. The molecule has 0 saturated heterocycles. The summed E-state index contributed by atoms with van der Waals surface area (Å²) in [5, 5.41) is 0. The Balaban J connectivity index is 1.68. The Morgan fingerprint density at radius 3 is 2.44 bits per heavy atom. The van der Waals surface area contributed by atoms with Crippen LogP contribution in [0.25, 0.3) is 6.08 Å². The van der Waals surface area contributed by atoms with Gasteiger partial charge < -0.3 is 9.47 Å². The van der Waals surface area contributed by atoms with Crippen LogP contribution in [-0.2, 0) is 16.1 Å². The molecular weight excluding hydrogens is 738 g/mol. The van der Waals surface area contributed by atoms with Gasteiger partial charge >= 0.3 is 5.97 Å². The first-order valence-electron chi connectivity index (χ1n) is 12.2. The zero-order valence-electron chi connectivity index (χ0n) is 21.2. The standard InChI is InChI=1S/C30H24I2N2O4S/c1-3-23-25(29(36)37-2)26(19-12-8-5-9-13-19)34-28(35)24(39-30(34)33-23)15-20-14-21(31)16-22(32)27(20)38-17-18-10-6-4-7-11-18/h4-16,26H,3,17H2,1-2H3/b24-15+/t26-/m0/s1. The van der Waals surface area contributed by atoms with Gasteiger partial charge in [0.25, 0.3) is 5.56 Å². The van der Waals surface area contributed by atoms with Crippen molar-refractivity contribution in [2.75, 3.05) is 7.11 Å². The second kappa shape index (κ2) is 12.2. The lowest BCUT2D eigenvalue weighted by molar-refractivity contribution is -0.136. The highest BCUT2D eigenvalue weighted by molar-refractivity contribution is 14.1. The van der Waals surface area contributed by atoms with Crippen LogP contribution in [0, 0.1) is 7.14 Å². The van der Waals surface area contributed by atoms with Gasteiger partial charge in [-0.15, -0.1) is 0 Å². The number of methoxy groups -OCH3 is 1. The fraction of sp³-hybridized carbons (Fsp3) is 0.167. The van der Waals surface area contributed by atoms with E-state index in [0.29, 0.717) is 33.6 Å². The van der Waals surface area contributed by atoms with Crippen molar-refractivity contribution in [3.63, 3.8) is 0 Å². The smallest absolute Gasteiger partial charge is 0.338 e. The SMILES string of the molecule is CCC1=C(C(=O)OC)[C@H](c2ccccc2)n2c(s/c(=C/c3cc(I)cc(I)c3OCc3ccccc3)c2=O)=N1. The number of nitrogens with zero attached hydrogens (tertiary/aromatic N) is 2. The molecule has 0 radical (unpaired) electrons. The lowest BCUT2D eigenvalue weighted by Gasteiger charge is -2.25. The largest absolute Gasteiger partial charge is 0.487 e. The third-order valence-electron chi connectivity index (χ3n) is 6.32. The van der Waals surface area contributed by atoms with E-state index in [1.807, 2.05) is 85.8 Å². The van der Waals surface area contributed by atoms with Crippen molar-refractivity contribution < 1.29 is 14.3 Å². The predicted octanol–water partition coefficient (Wildman–Crippen LogP) is 5.59. The third kappa shape index (κ3) is 5.75. The van der Waals surface area contributed by atoms with Crippen molar-refractivity contribution in [1.82, 2.24) is 4.57 Å². The van der Waals surface area contributed by atoms with Crippen molar-refractivity contribution in [2.24, 2.45) is 4.99 Å². The van der Waals surface area contributed by atoms with Crippen molar-refractivity contribution in [1.29, 1.82) is 0 Å². The number of fused-ring (bicyclic) bond motifs is 1. The molecule has 0 N–H and O–H groups in total. The highest BCUT2D eigenvalue weighted by atomic mass is 127. The lowest BCUT2D eigenvalue weighted by Crippen LogP contribution is -2.40. The first-order valence-corrected chi connectivity index (χ1v) is 15.2. The number of aromatic nitrogens is 1. The maximum Gasteiger partial charge on any atom is 0.338 e. The highest BCUT2D eigenvalue weighted by Crippen LogP contribution is 2.32. The fourth-order valence-electron chi connectivity index (χ4n) is 4.53. The van der Waals surface area contributed by atoms with Gasteiger partial charge in [-0.2, -0.15) is 0 Å². The van der Waals surface area contributed by atoms with Crippen LogP contribution in [0.3, 0.4) is 0 Å². The number of hydrogen-bond donors (Lipinski definition) is 0. The van der Waals surface area contributed by atoms with E-state index in [9.17, 15) is 9.59 Å². The molecule has 198 valence electrons. The van der Waals surface area contributed by atoms with E-state index in [4.69, 9.17) is 14.5 Å². The Morgan fingerprint density at radius 1 is 1.08 bits per heavy atom.